The summed E-state index contributed by atoms with van der Waals surface area (Å²) in [5.74, 6) is 0. The Bertz CT molecular complexity index is 687. The Balaban J connectivity index is 3.37. The Kier molecular flexibility index (Phi) is 6.83. The maximum atomic E-state index is 13.1. The van der Waals surface area contributed by atoms with Gasteiger partial charge in [0.1, 0.15) is 0 Å². The molecule has 1 aromatic carbocycles. The molecule has 23 heavy (non-hydrogen) atoms. The zero-order valence-electron chi connectivity index (χ0n) is 12.1. The van der Waals surface area contributed by atoms with E-state index in [-0.39, 0.29) is 31.1 Å². The lowest BCUT2D eigenvalue weighted by Gasteiger charge is -2.23. The third kappa shape index (κ3) is 5.07. The Labute approximate surface area is 137 Å². The summed E-state index contributed by atoms with van der Waals surface area (Å²) in [7, 11) is -3.12. The molecule has 0 saturated carbocycles. The Morgan fingerprint density at radius 1 is 1.35 bits per heavy atom. The molecule has 0 saturated heterocycles. The molecule has 1 aromatic rings. The first-order valence-electron chi connectivity index (χ1n) is 6.37. The van der Waals surface area contributed by atoms with Crippen LogP contribution in [-0.4, -0.2) is 39.5 Å². The average Bonchev–Trinajstić information content (AvgIpc) is 2.45. The quantitative estimate of drug-likeness (QED) is 0.740. The van der Waals surface area contributed by atoms with Gasteiger partial charge in [0.25, 0.3) is 0 Å². The van der Waals surface area contributed by atoms with Gasteiger partial charge in [-0.2, -0.15) is 22.7 Å². The zero-order chi connectivity index (χ0) is 17.7. The van der Waals surface area contributed by atoms with Gasteiger partial charge in [0, 0.05) is 31.6 Å². The third-order valence-corrected chi connectivity index (χ3v) is 5.07. The predicted molar refractivity (Wildman–Crippen MR) is 77.3 cm³/mol. The molecule has 0 bridgehead atoms. The van der Waals surface area contributed by atoms with E-state index in [0.717, 1.165) is 16.4 Å². The summed E-state index contributed by atoms with van der Waals surface area (Å²) in [5, 5.41) is 8.37. The fourth-order valence-electron chi connectivity index (χ4n) is 1.81. The zero-order valence-corrected chi connectivity index (χ0v) is 13.7. The van der Waals surface area contributed by atoms with E-state index in [1.54, 1.807) is 6.07 Å². The fourth-order valence-corrected chi connectivity index (χ4v) is 3.60. The van der Waals surface area contributed by atoms with Crippen molar-refractivity contribution in [3.8, 4) is 6.07 Å². The third-order valence-electron chi connectivity index (χ3n) is 2.88. The fraction of sp³-hybridized carbons (Fsp3) is 0.462. The van der Waals surface area contributed by atoms with Crippen LogP contribution in [0.15, 0.2) is 23.1 Å². The van der Waals surface area contributed by atoms with Crippen molar-refractivity contribution in [3.63, 3.8) is 0 Å². The number of methoxy groups -OCH3 is 1. The van der Waals surface area contributed by atoms with E-state index in [0.29, 0.717) is 6.07 Å². The number of halogens is 4. The lowest BCUT2D eigenvalue weighted by Crippen LogP contribution is -2.35. The summed E-state index contributed by atoms with van der Waals surface area (Å²) in [6, 6.07) is 4.21. The van der Waals surface area contributed by atoms with Crippen molar-refractivity contribution in [2.75, 3.05) is 26.8 Å². The molecule has 5 nitrogen and oxygen atoms in total. The summed E-state index contributed by atoms with van der Waals surface area (Å²) in [6.07, 6.45) is -5.03. The summed E-state index contributed by atoms with van der Waals surface area (Å²) < 4.78 is 70.0. The van der Waals surface area contributed by atoms with E-state index in [9.17, 15) is 21.6 Å². The van der Waals surface area contributed by atoms with Crippen LogP contribution in [0.25, 0.3) is 0 Å². The number of benzene rings is 1. The molecule has 0 fully saturated rings. The molecule has 0 amide bonds. The molecule has 128 valence electrons. The van der Waals surface area contributed by atoms with Crippen molar-refractivity contribution in [2.24, 2.45) is 0 Å². The van der Waals surface area contributed by atoms with Crippen LogP contribution < -0.4 is 0 Å². The highest BCUT2D eigenvalue weighted by Crippen LogP contribution is 2.36. The van der Waals surface area contributed by atoms with E-state index in [2.05, 4.69) is 0 Å². The van der Waals surface area contributed by atoms with Gasteiger partial charge in [-0.1, -0.05) is 11.6 Å². The molecule has 0 aliphatic rings. The molecule has 0 spiro atoms. The predicted octanol–water partition coefficient (Wildman–Crippen LogP) is 2.91. The Morgan fingerprint density at radius 2 is 2.00 bits per heavy atom. The largest absolute Gasteiger partial charge is 0.417 e. The van der Waals surface area contributed by atoms with E-state index >= 15 is 0 Å². The van der Waals surface area contributed by atoms with Gasteiger partial charge in [-0.3, -0.25) is 0 Å². The van der Waals surface area contributed by atoms with E-state index in [1.807, 2.05) is 0 Å². The second-order valence-corrected chi connectivity index (χ2v) is 6.79. The lowest BCUT2D eigenvalue weighted by atomic mass is 10.2. The number of hydrogen-bond acceptors (Lipinski definition) is 4. The first kappa shape index (κ1) is 19.7. The van der Waals surface area contributed by atoms with Gasteiger partial charge in [0.2, 0.25) is 10.0 Å². The average molecular weight is 371 g/mol. The first-order valence-corrected chi connectivity index (χ1v) is 8.19. The second-order valence-electron chi connectivity index (χ2n) is 4.44. The SMILES string of the molecule is COCCN(CCC#N)S(=O)(=O)c1ccc(Cl)cc1C(F)(F)F. The highest BCUT2D eigenvalue weighted by atomic mass is 35.5. The second kappa shape index (κ2) is 7.97. The van der Waals surface area contributed by atoms with Crippen molar-refractivity contribution in [1.82, 2.24) is 4.31 Å². The number of sulfonamides is 1. The van der Waals surface area contributed by atoms with Crippen molar-refractivity contribution in [3.05, 3.63) is 28.8 Å². The molecule has 0 aliphatic carbocycles. The highest BCUT2D eigenvalue weighted by Gasteiger charge is 2.39. The minimum atomic E-state index is -4.88. The Morgan fingerprint density at radius 3 is 2.52 bits per heavy atom. The summed E-state index contributed by atoms with van der Waals surface area (Å²) in [6.45, 7) is -0.415. The normalized spacial score (nSPS) is 12.4. The standard InChI is InChI=1S/C13H14ClF3N2O3S/c1-22-8-7-19(6-2-5-18)23(20,21)12-4-3-10(14)9-11(12)13(15,16)17/h3-4,9H,2,6-8H2,1H3. The number of ether oxygens (including phenoxy) is 1. The minimum Gasteiger partial charge on any atom is -0.383 e. The van der Waals surface area contributed by atoms with Crippen LogP contribution in [0.1, 0.15) is 12.0 Å². The van der Waals surface area contributed by atoms with Crippen molar-refractivity contribution >= 4 is 21.6 Å². The van der Waals surface area contributed by atoms with Crippen molar-refractivity contribution in [2.45, 2.75) is 17.5 Å². The molecular weight excluding hydrogens is 357 g/mol. The summed E-state index contributed by atoms with van der Waals surface area (Å²) >= 11 is 5.55. The molecule has 0 heterocycles. The molecule has 0 unspecified atom stereocenters. The van der Waals surface area contributed by atoms with Crippen LogP contribution in [0.2, 0.25) is 5.02 Å². The smallest absolute Gasteiger partial charge is 0.383 e. The van der Waals surface area contributed by atoms with Crippen molar-refractivity contribution < 1.29 is 26.3 Å². The number of rotatable bonds is 7. The van der Waals surface area contributed by atoms with Gasteiger partial charge < -0.3 is 4.74 Å². The Hall–Kier alpha value is -1.34. The van der Waals surface area contributed by atoms with Crippen LogP contribution in [0, 0.1) is 11.3 Å². The highest BCUT2D eigenvalue weighted by molar-refractivity contribution is 7.89. The van der Waals surface area contributed by atoms with Gasteiger partial charge in [-0.05, 0) is 18.2 Å². The van der Waals surface area contributed by atoms with E-state index < -0.39 is 26.7 Å². The topological polar surface area (TPSA) is 70.4 Å². The van der Waals surface area contributed by atoms with Crippen LogP contribution in [0.5, 0.6) is 0 Å². The van der Waals surface area contributed by atoms with Gasteiger partial charge in [0.05, 0.1) is 23.1 Å². The number of nitrogens with zero attached hydrogens (tertiary/aromatic N) is 2. The number of alkyl halides is 3. The van der Waals surface area contributed by atoms with Crippen LogP contribution >= 0.6 is 11.6 Å². The first-order chi connectivity index (χ1) is 10.6. The maximum absolute atomic E-state index is 13.1. The molecule has 0 aliphatic heterocycles. The summed E-state index contributed by atoms with van der Waals surface area (Å²) in [4.78, 5) is -0.900. The van der Waals surface area contributed by atoms with Gasteiger partial charge in [0.15, 0.2) is 0 Å². The van der Waals surface area contributed by atoms with Gasteiger partial charge >= 0.3 is 6.18 Å². The van der Waals surface area contributed by atoms with Crippen LogP contribution in [-0.2, 0) is 20.9 Å². The van der Waals surface area contributed by atoms with Crippen LogP contribution in [0.3, 0.4) is 0 Å². The van der Waals surface area contributed by atoms with Crippen LogP contribution in [0.4, 0.5) is 13.2 Å². The van der Waals surface area contributed by atoms with Gasteiger partial charge in [-0.15, -0.1) is 0 Å². The lowest BCUT2D eigenvalue weighted by molar-refractivity contribution is -0.139. The molecule has 0 aromatic heterocycles. The monoisotopic (exact) mass is 370 g/mol. The van der Waals surface area contributed by atoms with E-state index in [4.69, 9.17) is 21.6 Å². The maximum Gasteiger partial charge on any atom is 0.417 e. The number of nitriles is 1. The molecule has 0 atom stereocenters. The molecule has 10 heteroatoms. The molecular formula is C13H14ClF3N2O3S. The van der Waals surface area contributed by atoms with E-state index in [1.165, 1.54) is 7.11 Å². The van der Waals surface area contributed by atoms with Crippen molar-refractivity contribution in [1.29, 1.82) is 5.26 Å². The number of hydrogen-bond donors (Lipinski definition) is 0. The molecule has 0 radical (unpaired) electrons. The minimum absolute atomic E-state index is 0.0143. The van der Waals surface area contributed by atoms with Gasteiger partial charge in [-0.25, -0.2) is 8.42 Å². The summed E-state index contributed by atoms with van der Waals surface area (Å²) in [5.41, 5.74) is -1.34. The molecule has 0 N–H and O–H groups in total. The molecule has 1 rings (SSSR count).